The van der Waals surface area contributed by atoms with E-state index in [-0.39, 0.29) is 35.8 Å². The summed E-state index contributed by atoms with van der Waals surface area (Å²) >= 11 is 3.65. The van der Waals surface area contributed by atoms with Gasteiger partial charge in [0.25, 0.3) is 0 Å². The fourth-order valence-electron chi connectivity index (χ4n) is 6.60. The van der Waals surface area contributed by atoms with Gasteiger partial charge in [0.15, 0.2) is 0 Å². The van der Waals surface area contributed by atoms with E-state index in [1.54, 1.807) is 6.92 Å². The number of carbonyl (C=O) groups excluding carboxylic acids is 3. The molecule has 2 amide bonds. The van der Waals surface area contributed by atoms with Gasteiger partial charge in [0.1, 0.15) is 11.6 Å². The first kappa shape index (κ1) is 28.8. The fourth-order valence-corrected chi connectivity index (χ4v) is 7.54. The summed E-state index contributed by atoms with van der Waals surface area (Å²) in [5.41, 5.74) is 0.463. The van der Waals surface area contributed by atoms with E-state index in [1.165, 1.54) is 4.90 Å². The molecule has 0 aliphatic carbocycles. The summed E-state index contributed by atoms with van der Waals surface area (Å²) in [6.07, 6.45) is 0.544. The van der Waals surface area contributed by atoms with Crippen molar-refractivity contribution < 1.29 is 29.0 Å². The number of rotatable bonds is 11. The average Bonchev–Trinajstić information content (AvgIpc) is 3.50. The van der Waals surface area contributed by atoms with Gasteiger partial charge in [-0.25, -0.2) is 0 Å². The Labute approximate surface area is 233 Å². The van der Waals surface area contributed by atoms with Crippen LogP contribution < -0.4 is 10.2 Å². The number of aliphatic hydroxyl groups excluding tert-OH is 1. The van der Waals surface area contributed by atoms with Crippen molar-refractivity contribution >= 4 is 45.1 Å². The van der Waals surface area contributed by atoms with E-state index in [9.17, 15) is 19.5 Å². The molecule has 1 aromatic rings. The molecular weight excluding hydrogens is 554 g/mol. The van der Waals surface area contributed by atoms with Crippen LogP contribution in [0.5, 0.6) is 0 Å². The Bertz CT molecular complexity index is 1030. The minimum Gasteiger partial charge on any atom is -0.466 e. The molecule has 38 heavy (non-hydrogen) atoms. The van der Waals surface area contributed by atoms with Crippen molar-refractivity contribution in [2.75, 3.05) is 36.5 Å². The molecule has 0 radical (unpaired) electrons. The molecule has 210 valence electrons. The summed E-state index contributed by atoms with van der Waals surface area (Å²) in [7, 11) is 0. The fraction of sp³-hybridized carbons (Fsp3) is 0.679. The standard InChI is InChI=1S/C28H40BrN3O6/c1-6-16(5)20(15-33)32-24(25(34)30-17-10-12-18(13-11-17)31(7-2)8-3)28-14-19(29)23(38-28)21(22(28)26(32)35)27(36)37-9-4/h10-13,16,19-24,33H,6-9,14-15H2,1-5H3,(H,30,34)/t16-,19?,20-,21+,22-,23+,24?,28?/m0/s1. The van der Waals surface area contributed by atoms with Crippen molar-refractivity contribution in [2.45, 2.75) is 76.1 Å². The Morgan fingerprint density at radius 1 is 1.24 bits per heavy atom. The lowest BCUT2D eigenvalue weighted by molar-refractivity contribution is -0.155. The Kier molecular flexibility index (Phi) is 8.74. The number of aliphatic hydroxyl groups is 1. The van der Waals surface area contributed by atoms with Crippen molar-refractivity contribution in [2.24, 2.45) is 17.8 Å². The van der Waals surface area contributed by atoms with Crippen LogP contribution in [0.2, 0.25) is 0 Å². The van der Waals surface area contributed by atoms with Crippen LogP contribution in [0.1, 0.15) is 47.5 Å². The maximum Gasteiger partial charge on any atom is 0.312 e. The van der Waals surface area contributed by atoms with Crippen LogP contribution in [-0.2, 0) is 23.9 Å². The molecule has 10 heteroatoms. The smallest absolute Gasteiger partial charge is 0.312 e. The number of benzene rings is 1. The second-order valence-electron chi connectivity index (χ2n) is 10.5. The first-order valence-corrected chi connectivity index (χ1v) is 14.7. The molecule has 0 aromatic heterocycles. The van der Waals surface area contributed by atoms with Crippen LogP contribution in [0.25, 0.3) is 0 Å². The van der Waals surface area contributed by atoms with Gasteiger partial charge in [-0.3, -0.25) is 14.4 Å². The number of amides is 2. The van der Waals surface area contributed by atoms with Crippen molar-refractivity contribution in [1.29, 1.82) is 0 Å². The number of nitrogens with zero attached hydrogens (tertiary/aromatic N) is 2. The normalized spacial score (nSPS) is 31.2. The highest BCUT2D eigenvalue weighted by molar-refractivity contribution is 9.09. The number of nitrogens with one attached hydrogen (secondary N) is 1. The molecular formula is C28H40BrN3O6. The Hall–Kier alpha value is -2.17. The first-order chi connectivity index (χ1) is 18.2. The number of ether oxygens (including phenoxy) is 2. The number of halogens is 1. The molecule has 4 rings (SSSR count). The largest absolute Gasteiger partial charge is 0.466 e. The van der Waals surface area contributed by atoms with Gasteiger partial charge in [-0.1, -0.05) is 36.2 Å². The number of esters is 1. The maximum absolute atomic E-state index is 14.1. The average molecular weight is 595 g/mol. The van der Waals surface area contributed by atoms with Crippen LogP contribution in [0.15, 0.2) is 24.3 Å². The third-order valence-electron chi connectivity index (χ3n) is 8.64. The SMILES string of the molecule is CCOC(=O)[C@H]1[C@@H]2OC3(CC2Br)C(C(=O)Nc2ccc(N(CC)CC)cc2)N([C@@H](CO)[C@@H](C)CC)C(=O)[C@H]13. The minimum absolute atomic E-state index is 0.0687. The number of hydrogen-bond acceptors (Lipinski definition) is 7. The molecule has 3 saturated heterocycles. The van der Waals surface area contributed by atoms with E-state index in [4.69, 9.17) is 9.47 Å². The molecule has 1 aromatic carbocycles. The van der Waals surface area contributed by atoms with Gasteiger partial charge in [0, 0.05) is 29.3 Å². The van der Waals surface area contributed by atoms with Gasteiger partial charge in [0.2, 0.25) is 11.8 Å². The zero-order chi connectivity index (χ0) is 27.8. The molecule has 1 spiro atoms. The molecule has 3 aliphatic heterocycles. The molecule has 2 N–H and O–H groups in total. The molecule has 3 heterocycles. The first-order valence-electron chi connectivity index (χ1n) is 13.8. The van der Waals surface area contributed by atoms with Gasteiger partial charge in [-0.05, 0) is 57.4 Å². The lowest BCUT2D eigenvalue weighted by Crippen LogP contribution is -2.57. The predicted octanol–water partition coefficient (Wildman–Crippen LogP) is 3.19. The number of alkyl halides is 1. The van der Waals surface area contributed by atoms with Crippen LogP contribution in [0, 0.1) is 17.8 Å². The Morgan fingerprint density at radius 3 is 2.45 bits per heavy atom. The van der Waals surface area contributed by atoms with E-state index < -0.39 is 41.6 Å². The molecule has 3 unspecified atom stereocenters. The molecule has 3 aliphatic rings. The lowest BCUT2D eigenvalue weighted by atomic mass is 9.70. The quantitative estimate of drug-likeness (QED) is 0.299. The van der Waals surface area contributed by atoms with Crippen molar-refractivity contribution in [3.05, 3.63) is 24.3 Å². The zero-order valence-electron chi connectivity index (χ0n) is 22.9. The molecule has 3 fully saturated rings. The summed E-state index contributed by atoms with van der Waals surface area (Å²) in [4.78, 5) is 44.7. The highest BCUT2D eigenvalue weighted by Gasteiger charge is 2.77. The van der Waals surface area contributed by atoms with E-state index in [2.05, 4.69) is 40.0 Å². The van der Waals surface area contributed by atoms with Crippen LogP contribution in [-0.4, -0.2) is 82.7 Å². The van der Waals surface area contributed by atoms with Gasteiger partial charge < -0.3 is 29.7 Å². The molecule has 0 saturated carbocycles. The highest BCUT2D eigenvalue weighted by atomic mass is 79.9. The van der Waals surface area contributed by atoms with Gasteiger partial charge in [0.05, 0.1) is 37.2 Å². The third kappa shape index (κ3) is 4.62. The zero-order valence-corrected chi connectivity index (χ0v) is 24.4. The second-order valence-corrected chi connectivity index (χ2v) is 11.7. The van der Waals surface area contributed by atoms with Gasteiger partial charge in [-0.2, -0.15) is 0 Å². The van der Waals surface area contributed by atoms with Gasteiger partial charge >= 0.3 is 5.97 Å². The third-order valence-corrected chi connectivity index (χ3v) is 9.49. The topological polar surface area (TPSA) is 108 Å². The predicted molar refractivity (Wildman–Crippen MR) is 148 cm³/mol. The summed E-state index contributed by atoms with van der Waals surface area (Å²) in [6.45, 7) is 11.5. The van der Waals surface area contributed by atoms with Crippen molar-refractivity contribution in [3.8, 4) is 0 Å². The lowest BCUT2D eigenvalue weighted by Gasteiger charge is -2.38. The molecule has 2 bridgehead atoms. The summed E-state index contributed by atoms with van der Waals surface area (Å²) in [5, 5.41) is 13.4. The monoisotopic (exact) mass is 593 g/mol. The number of likely N-dealkylation sites (tertiary alicyclic amines) is 1. The van der Waals surface area contributed by atoms with E-state index in [1.807, 2.05) is 38.1 Å². The highest BCUT2D eigenvalue weighted by Crippen LogP contribution is 2.60. The van der Waals surface area contributed by atoms with Crippen LogP contribution >= 0.6 is 15.9 Å². The number of fused-ring (bicyclic) bond motifs is 1. The van der Waals surface area contributed by atoms with Crippen LogP contribution in [0.3, 0.4) is 0 Å². The van der Waals surface area contributed by atoms with Gasteiger partial charge in [-0.15, -0.1) is 0 Å². The second kappa shape index (κ2) is 11.5. The summed E-state index contributed by atoms with van der Waals surface area (Å²) in [5.74, 6) is -2.94. The molecule has 8 atom stereocenters. The minimum atomic E-state index is -1.19. The number of carbonyl (C=O) groups is 3. The maximum atomic E-state index is 14.1. The number of hydrogen-bond donors (Lipinski definition) is 2. The van der Waals surface area contributed by atoms with Crippen LogP contribution in [0.4, 0.5) is 11.4 Å². The van der Waals surface area contributed by atoms with E-state index in [0.29, 0.717) is 18.5 Å². The summed E-state index contributed by atoms with van der Waals surface area (Å²) < 4.78 is 11.8. The summed E-state index contributed by atoms with van der Waals surface area (Å²) in [6, 6.07) is 6.02. The number of anilines is 2. The Morgan fingerprint density at radius 2 is 1.89 bits per heavy atom. The van der Waals surface area contributed by atoms with E-state index in [0.717, 1.165) is 18.8 Å². The van der Waals surface area contributed by atoms with E-state index >= 15 is 0 Å². The molecule has 9 nitrogen and oxygen atoms in total. The van der Waals surface area contributed by atoms with Crippen molar-refractivity contribution in [1.82, 2.24) is 4.90 Å². The van der Waals surface area contributed by atoms with Crippen molar-refractivity contribution in [3.63, 3.8) is 0 Å². The Balaban J connectivity index is 1.72.